The first-order valence-electron chi connectivity index (χ1n) is 8.81. The third-order valence-corrected chi connectivity index (χ3v) is 10.3. The number of likely N-dealkylation sites (tertiary alicyclic amines) is 1. The van der Waals surface area contributed by atoms with Crippen LogP contribution in [0.2, 0.25) is 0 Å². The van der Waals surface area contributed by atoms with Crippen LogP contribution in [0.15, 0.2) is 11.0 Å². The van der Waals surface area contributed by atoms with E-state index in [9.17, 15) is 5.26 Å². The molecule has 134 valence electrons. The van der Waals surface area contributed by atoms with Crippen molar-refractivity contribution < 1.29 is 9.47 Å². The lowest BCUT2D eigenvalue weighted by atomic mass is 10.4. The highest BCUT2D eigenvalue weighted by atomic mass is 32.4. The van der Waals surface area contributed by atoms with Crippen molar-refractivity contribution in [1.29, 1.82) is 5.26 Å². The molecule has 8 heteroatoms. The molecule has 0 radical (unpaired) electrons. The minimum Gasteiger partial charge on any atom is -0.379 e. The fourth-order valence-corrected chi connectivity index (χ4v) is 8.20. The molecule has 0 saturated carbocycles. The summed E-state index contributed by atoms with van der Waals surface area (Å²) >= 11 is 6.32. The van der Waals surface area contributed by atoms with Crippen molar-refractivity contribution in [2.75, 3.05) is 65.7 Å². The minimum absolute atomic E-state index is 0.699. The van der Waals surface area contributed by atoms with E-state index in [4.69, 9.17) is 21.3 Å². The molecule has 3 aliphatic heterocycles. The Morgan fingerprint density at radius 2 is 1.38 bits per heavy atom. The molecule has 0 bridgehead atoms. The van der Waals surface area contributed by atoms with E-state index >= 15 is 0 Å². The molecule has 6 nitrogen and oxygen atoms in total. The molecule has 0 aromatic rings. The SMILES string of the molecule is C/C(=C(/C#N)P(=S)(N1CCOCC1)N1CCOCC1)N1CCCC1. The van der Waals surface area contributed by atoms with Crippen molar-refractivity contribution in [3.63, 3.8) is 0 Å². The average molecular weight is 370 g/mol. The molecule has 3 rings (SSSR count). The third kappa shape index (κ3) is 3.55. The number of nitriles is 1. The summed E-state index contributed by atoms with van der Waals surface area (Å²) in [4.78, 5) is 2.35. The summed E-state index contributed by atoms with van der Waals surface area (Å²) in [5.74, 6) is 0. The summed E-state index contributed by atoms with van der Waals surface area (Å²) in [7, 11) is 0. The Kier molecular flexibility index (Phi) is 6.31. The van der Waals surface area contributed by atoms with Gasteiger partial charge in [-0.3, -0.25) is 9.34 Å². The summed E-state index contributed by atoms with van der Waals surface area (Å²) in [5.41, 5.74) is 1.09. The van der Waals surface area contributed by atoms with Crippen molar-refractivity contribution in [3.05, 3.63) is 11.0 Å². The van der Waals surface area contributed by atoms with Crippen LogP contribution in [0.3, 0.4) is 0 Å². The largest absolute Gasteiger partial charge is 0.379 e. The van der Waals surface area contributed by atoms with Crippen LogP contribution in [0.1, 0.15) is 19.8 Å². The average Bonchev–Trinajstić information content (AvgIpc) is 3.18. The zero-order valence-corrected chi connectivity index (χ0v) is 16.2. The van der Waals surface area contributed by atoms with Crippen molar-refractivity contribution in [1.82, 2.24) is 14.2 Å². The molecule has 3 fully saturated rings. The lowest BCUT2D eigenvalue weighted by Crippen LogP contribution is -2.43. The highest BCUT2D eigenvalue weighted by Crippen LogP contribution is 2.61. The Hall–Kier alpha value is -0.480. The Morgan fingerprint density at radius 1 is 0.917 bits per heavy atom. The zero-order valence-electron chi connectivity index (χ0n) is 14.4. The number of ether oxygens (including phenoxy) is 2. The molecular formula is C16H27N4O2PS. The van der Waals surface area contributed by atoms with Crippen LogP contribution < -0.4 is 0 Å². The number of hydrogen-bond donors (Lipinski definition) is 0. The Bertz CT molecular complexity index is 537. The summed E-state index contributed by atoms with van der Waals surface area (Å²) in [6, 6.07) is 2.53. The van der Waals surface area contributed by atoms with Gasteiger partial charge in [0.2, 0.25) is 0 Å². The van der Waals surface area contributed by atoms with Crippen molar-refractivity contribution in [2.24, 2.45) is 0 Å². The summed E-state index contributed by atoms with van der Waals surface area (Å²) in [6.45, 7) is 10.2. The lowest BCUT2D eigenvalue weighted by Gasteiger charge is -2.46. The number of nitrogens with zero attached hydrogens (tertiary/aromatic N) is 4. The predicted molar refractivity (Wildman–Crippen MR) is 98.2 cm³/mol. The second kappa shape index (κ2) is 8.27. The first-order chi connectivity index (χ1) is 11.7. The summed E-state index contributed by atoms with van der Waals surface area (Å²) in [6.07, 6.45) is 0.133. The molecule has 0 aromatic heterocycles. The number of allylic oxidation sites excluding steroid dienone is 2. The number of hydrogen-bond acceptors (Lipinski definition) is 5. The van der Waals surface area contributed by atoms with Gasteiger partial charge < -0.3 is 14.4 Å². The van der Waals surface area contributed by atoms with E-state index in [-0.39, 0.29) is 0 Å². The van der Waals surface area contributed by atoms with E-state index in [0.717, 1.165) is 50.3 Å². The normalized spacial score (nSPS) is 25.4. The number of rotatable bonds is 4. The second-order valence-electron chi connectivity index (χ2n) is 6.42. The van der Waals surface area contributed by atoms with Crippen LogP contribution >= 0.6 is 6.34 Å². The first kappa shape index (κ1) is 18.3. The Morgan fingerprint density at radius 3 is 1.79 bits per heavy atom. The van der Waals surface area contributed by atoms with Gasteiger partial charge in [0.1, 0.15) is 17.7 Å². The lowest BCUT2D eigenvalue weighted by molar-refractivity contribution is 0.0586. The molecule has 3 heterocycles. The minimum atomic E-state index is -2.27. The quantitative estimate of drug-likeness (QED) is 0.553. The molecule has 0 N–H and O–H groups in total. The molecule has 0 amide bonds. The highest BCUT2D eigenvalue weighted by Gasteiger charge is 2.39. The molecule has 0 atom stereocenters. The molecular weight excluding hydrogens is 343 g/mol. The van der Waals surface area contributed by atoms with E-state index in [1.807, 2.05) is 0 Å². The molecule has 24 heavy (non-hydrogen) atoms. The van der Waals surface area contributed by atoms with Crippen LogP contribution in [0.4, 0.5) is 0 Å². The van der Waals surface area contributed by atoms with Crippen LogP contribution in [-0.4, -0.2) is 79.9 Å². The second-order valence-corrected chi connectivity index (χ2v) is 10.6. The van der Waals surface area contributed by atoms with Gasteiger partial charge in [0.05, 0.1) is 26.4 Å². The van der Waals surface area contributed by atoms with Crippen molar-refractivity contribution >= 4 is 18.1 Å². The van der Waals surface area contributed by atoms with Crippen LogP contribution in [0, 0.1) is 11.3 Å². The topological polar surface area (TPSA) is 52.0 Å². The van der Waals surface area contributed by atoms with Gasteiger partial charge in [-0.15, -0.1) is 0 Å². The van der Waals surface area contributed by atoms with Gasteiger partial charge in [0, 0.05) is 45.0 Å². The summed E-state index contributed by atoms with van der Waals surface area (Å²) in [5, 5.41) is 10.9. The van der Waals surface area contributed by atoms with E-state index in [0.29, 0.717) is 26.4 Å². The molecule has 0 aliphatic carbocycles. The first-order valence-corrected chi connectivity index (χ1v) is 11.5. The van der Waals surface area contributed by atoms with Crippen LogP contribution in [0.25, 0.3) is 0 Å². The maximum atomic E-state index is 10.1. The van der Waals surface area contributed by atoms with E-state index < -0.39 is 6.34 Å². The van der Waals surface area contributed by atoms with Gasteiger partial charge in [-0.25, -0.2) is 0 Å². The smallest absolute Gasteiger partial charge is 0.119 e. The Labute approximate surface area is 150 Å². The molecule has 0 aromatic carbocycles. The van der Waals surface area contributed by atoms with Crippen molar-refractivity contribution in [3.8, 4) is 6.07 Å². The maximum absolute atomic E-state index is 10.1. The van der Waals surface area contributed by atoms with Gasteiger partial charge in [-0.05, 0) is 19.8 Å². The molecule has 0 spiro atoms. The van der Waals surface area contributed by atoms with E-state index in [1.54, 1.807) is 0 Å². The third-order valence-electron chi connectivity index (χ3n) is 5.06. The Balaban J connectivity index is 1.99. The maximum Gasteiger partial charge on any atom is 0.119 e. The molecule has 0 unspecified atom stereocenters. The monoisotopic (exact) mass is 370 g/mol. The van der Waals surface area contributed by atoms with Gasteiger partial charge >= 0.3 is 0 Å². The predicted octanol–water partition coefficient (Wildman–Crippen LogP) is 1.81. The van der Waals surface area contributed by atoms with Gasteiger partial charge in [-0.1, -0.05) is 11.8 Å². The van der Waals surface area contributed by atoms with Gasteiger partial charge in [0.15, 0.2) is 0 Å². The van der Waals surface area contributed by atoms with Crippen LogP contribution in [0.5, 0.6) is 0 Å². The zero-order chi connectivity index (χ0) is 17.0. The highest BCUT2D eigenvalue weighted by molar-refractivity contribution is 8.14. The fourth-order valence-electron chi connectivity index (χ4n) is 3.67. The van der Waals surface area contributed by atoms with Crippen LogP contribution in [-0.2, 0) is 21.3 Å². The summed E-state index contributed by atoms with van der Waals surface area (Å²) < 4.78 is 15.8. The van der Waals surface area contributed by atoms with E-state index in [2.05, 4.69) is 27.2 Å². The van der Waals surface area contributed by atoms with Crippen molar-refractivity contribution in [2.45, 2.75) is 19.8 Å². The molecule has 3 saturated heterocycles. The van der Waals surface area contributed by atoms with Gasteiger partial charge in [-0.2, -0.15) is 5.26 Å². The molecule has 3 aliphatic rings. The standard InChI is InChI=1S/C16H27N4O2PS/c1-15(18-4-2-3-5-18)16(14-17)23(24,19-6-10-21-11-7-19)20-8-12-22-13-9-20/h2-13H2,1H3/b16-15+. The number of morpholine rings is 2. The fraction of sp³-hybridized carbons (Fsp3) is 0.812. The van der Waals surface area contributed by atoms with E-state index in [1.165, 1.54) is 12.8 Å². The van der Waals surface area contributed by atoms with Gasteiger partial charge in [0.25, 0.3) is 0 Å².